The largest absolute Gasteiger partial charge is 0.486 e. The highest BCUT2D eigenvalue weighted by atomic mass is 32.1. The number of hydrogen-bond acceptors (Lipinski definition) is 6. The van der Waals surface area contributed by atoms with Crippen molar-refractivity contribution in [3.8, 4) is 5.75 Å². The predicted octanol–water partition coefficient (Wildman–Crippen LogP) is 3.96. The first-order valence-electron chi connectivity index (χ1n) is 11.1. The second-order valence-electron chi connectivity index (χ2n) is 8.59. The molecule has 1 fully saturated rings. The summed E-state index contributed by atoms with van der Waals surface area (Å²) < 4.78 is 11.5. The molecule has 0 spiro atoms. The lowest BCUT2D eigenvalue weighted by atomic mass is 10.1. The summed E-state index contributed by atoms with van der Waals surface area (Å²) in [5.41, 5.74) is 4.52. The van der Waals surface area contributed by atoms with E-state index in [1.54, 1.807) is 11.3 Å². The number of benzene rings is 1. The molecule has 3 rings (SSSR count). The first-order chi connectivity index (χ1) is 14.8. The maximum absolute atomic E-state index is 12.8. The number of thiazole rings is 1. The number of aryl methyl sites for hydroxylation is 2. The predicted molar refractivity (Wildman–Crippen MR) is 125 cm³/mol. The third-order valence-electron chi connectivity index (χ3n) is 5.66. The number of aromatic nitrogens is 1. The summed E-state index contributed by atoms with van der Waals surface area (Å²) >= 11 is 1.59. The van der Waals surface area contributed by atoms with Crippen molar-refractivity contribution in [2.24, 2.45) is 5.92 Å². The van der Waals surface area contributed by atoms with Crippen molar-refractivity contribution in [2.45, 2.75) is 47.8 Å². The average molecular weight is 446 g/mol. The number of carbonyl (C=O) groups is 1. The van der Waals surface area contributed by atoms with Crippen LogP contribution in [0.1, 0.15) is 41.2 Å². The molecule has 2 heterocycles. The summed E-state index contributed by atoms with van der Waals surface area (Å²) in [5, 5.41) is 2.97. The molecule has 0 saturated carbocycles. The molecule has 0 unspecified atom stereocenters. The Morgan fingerprint density at radius 1 is 1.26 bits per heavy atom. The third kappa shape index (κ3) is 6.76. The Morgan fingerprint density at radius 2 is 2.00 bits per heavy atom. The van der Waals surface area contributed by atoms with Gasteiger partial charge in [0.25, 0.3) is 0 Å². The van der Waals surface area contributed by atoms with Gasteiger partial charge in [-0.1, -0.05) is 19.9 Å². The molecule has 31 heavy (non-hydrogen) atoms. The standard InChI is InChI=1S/C24H35N3O3S/c1-17(2)24(28)27(7-6-26-8-10-29-11-9-26)14-21-16-31-23(25-21)15-30-22-13-18(3)12-19(4)20(22)5/h12-13,16-17H,6-11,14-15H2,1-5H3. The Kier molecular flexibility index (Phi) is 8.46. The van der Waals surface area contributed by atoms with E-state index in [1.165, 1.54) is 16.7 Å². The fraction of sp³-hybridized carbons (Fsp3) is 0.583. The van der Waals surface area contributed by atoms with Gasteiger partial charge in [-0.05, 0) is 43.5 Å². The Labute approximate surface area is 190 Å². The van der Waals surface area contributed by atoms with Crippen LogP contribution in [0.25, 0.3) is 0 Å². The Hall–Kier alpha value is -1.96. The van der Waals surface area contributed by atoms with Crippen molar-refractivity contribution in [1.29, 1.82) is 0 Å². The third-order valence-corrected chi connectivity index (χ3v) is 6.53. The van der Waals surface area contributed by atoms with E-state index in [-0.39, 0.29) is 11.8 Å². The second kappa shape index (κ2) is 11.1. The van der Waals surface area contributed by atoms with Gasteiger partial charge in [-0.15, -0.1) is 11.3 Å². The zero-order valence-electron chi connectivity index (χ0n) is 19.4. The van der Waals surface area contributed by atoms with Crippen molar-refractivity contribution < 1.29 is 14.3 Å². The van der Waals surface area contributed by atoms with Gasteiger partial charge in [-0.3, -0.25) is 9.69 Å². The number of morpholine rings is 1. The maximum Gasteiger partial charge on any atom is 0.225 e. The van der Waals surface area contributed by atoms with Gasteiger partial charge in [0.05, 0.1) is 25.5 Å². The molecule has 1 aromatic heterocycles. The van der Waals surface area contributed by atoms with E-state index in [9.17, 15) is 4.79 Å². The summed E-state index contributed by atoms with van der Waals surface area (Å²) in [4.78, 5) is 21.8. The van der Waals surface area contributed by atoms with Gasteiger partial charge >= 0.3 is 0 Å². The number of hydrogen-bond donors (Lipinski definition) is 0. The molecule has 1 aliphatic rings. The number of nitrogens with zero attached hydrogens (tertiary/aromatic N) is 3. The lowest BCUT2D eigenvalue weighted by Gasteiger charge is -2.30. The zero-order chi connectivity index (χ0) is 22.4. The van der Waals surface area contributed by atoms with Gasteiger partial charge in [-0.25, -0.2) is 4.98 Å². The summed E-state index contributed by atoms with van der Waals surface area (Å²) in [6, 6.07) is 4.24. The molecular formula is C24H35N3O3S. The van der Waals surface area contributed by atoms with Crippen molar-refractivity contribution in [3.05, 3.63) is 44.9 Å². The van der Waals surface area contributed by atoms with Crippen molar-refractivity contribution in [2.75, 3.05) is 39.4 Å². The molecule has 0 atom stereocenters. The Bertz CT molecular complexity index is 875. The molecule has 0 N–H and O–H groups in total. The van der Waals surface area contributed by atoms with Crippen molar-refractivity contribution >= 4 is 17.2 Å². The molecule has 2 aromatic rings. The quantitative estimate of drug-likeness (QED) is 0.585. The van der Waals surface area contributed by atoms with E-state index < -0.39 is 0 Å². The zero-order valence-corrected chi connectivity index (χ0v) is 20.3. The van der Waals surface area contributed by atoms with E-state index >= 15 is 0 Å². The van der Waals surface area contributed by atoms with Gasteiger partial charge in [0.2, 0.25) is 5.91 Å². The fourth-order valence-electron chi connectivity index (χ4n) is 3.69. The molecule has 1 saturated heterocycles. The van der Waals surface area contributed by atoms with Gasteiger partial charge in [0.15, 0.2) is 0 Å². The smallest absolute Gasteiger partial charge is 0.225 e. The summed E-state index contributed by atoms with van der Waals surface area (Å²) in [7, 11) is 0. The van der Waals surface area contributed by atoms with E-state index in [4.69, 9.17) is 14.5 Å². The molecule has 0 bridgehead atoms. The maximum atomic E-state index is 12.8. The molecule has 6 nitrogen and oxygen atoms in total. The SMILES string of the molecule is Cc1cc(C)c(C)c(OCc2nc(CN(CCN3CCOCC3)C(=O)C(C)C)cs2)c1. The van der Waals surface area contributed by atoms with Crippen LogP contribution in [0, 0.1) is 26.7 Å². The molecule has 0 aliphatic carbocycles. The average Bonchev–Trinajstić information content (AvgIpc) is 3.20. The van der Waals surface area contributed by atoms with Gasteiger partial charge < -0.3 is 14.4 Å². The normalized spacial score (nSPS) is 14.8. The fourth-order valence-corrected chi connectivity index (χ4v) is 4.39. The van der Waals surface area contributed by atoms with E-state index in [0.717, 1.165) is 49.3 Å². The minimum absolute atomic E-state index is 0.0290. The summed E-state index contributed by atoms with van der Waals surface area (Å²) in [5.74, 6) is 1.06. The highest BCUT2D eigenvalue weighted by Crippen LogP contribution is 2.25. The molecule has 170 valence electrons. The molecule has 1 amide bonds. The minimum Gasteiger partial charge on any atom is -0.486 e. The van der Waals surface area contributed by atoms with Crippen LogP contribution in [0.3, 0.4) is 0 Å². The lowest BCUT2D eigenvalue weighted by Crippen LogP contribution is -2.43. The highest BCUT2D eigenvalue weighted by Gasteiger charge is 2.20. The molecule has 1 aliphatic heterocycles. The Balaban J connectivity index is 1.60. The van der Waals surface area contributed by atoms with Crippen LogP contribution in [0.5, 0.6) is 5.75 Å². The molecular weight excluding hydrogens is 410 g/mol. The number of ether oxygens (including phenoxy) is 2. The first kappa shape index (κ1) is 23.7. The summed E-state index contributed by atoms with van der Waals surface area (Å²) in [6.45, 7) is 16.2. The van der Waals surface area contributed by atoms with Crippen LogP contribution in [-0.2, 0) is 22.7 Å². The van der Waals surface area contributed by atoms with E-state index in [2.05, 4.69) is 37.8 Å². The number of rotatable bonds is 9. The van der Waals surface area contributed by atoms with Crippen LogP contribution in [0.2, 0.25) is 0 Å². The number of carbonyl (C=O) groups excluding carboxylic acids is 1. The van der Waals surface area contributed by atoms with Gasteiger partial charge in [-0.2, -0.15) is 0 Å². The Morgan fingerprint density at radius 3 is 2.71 bits per heavy atom. The van der Waals surface area contributed by atoms with Gasteiger partial charge in [0.1, 0.15) is 17.4 Å². The molecule has 7 heteroatoms. The lowest BCUT2D eigenvalue weighted by molar-refractivity contribution is -0.135. The first-order valence-corrected chi connectivity index (χ1v) is 11.9. The molecule has 0 radical (unpaired) electrons. The van der Waals surface area contributed by atoms with Crippen LogP contribution in [0.15, 0.2) is 17.5 Å². The van der Waals surface area contributed by atoms with Crippen LogP contribution in [0.4, 0.5) is 0 Å². The second-order valence-corrected chi connectivity index (χ2v) is 9.54. The molecule has 1 aromatic carbocycles. The van der Waals surface area contributed by atoms with Crippen LogP contribution < -0.4 is 4.74 Å². The van der Waals surface area contributed by atoms with Crippen LogP contribution in [-0.4, -0.2) is 60.1 Å². The van der Waals surface area contributed by atoms with Crippen molar-refractivity contribution in [1.82, 2.24) is 14.8 Å². The summed E-state index contributed by atoms with van der Waals surface area (Å²) in [6.07, 6.45) is 0. The topological polar surface area (TPSA) is 54.9 Å². The highest BCUT2D eigenvalue weighted by molar-refractivity contribution is 7.09. The van der Waals surface area contributed by atoms with Gasteiger partial charge in [0, 0.05) is 37.5 Å². The van der Waals surface area contributed by atoms with Crippen molar-refractivity contribution in [3.63, 3.8) is 0 Å². The van der Waals surface area contributed by atoms with E-state index in [0.29, 0.717) is 19.7 Å². The monoisotopic (exact) mass is 445 g/mol. The minimum atomic E-state index is -0.0290. The number of amides is 1. The van der Waals surface area contributed by atoms with E-state index in [1.807, 2.05) is 24.1 Å². The van der Waals surface area contributed by atoms with Crippen LogP contribution >= 0.6 is 11.3 Å².